The Balaban J connectivity index is 2.76. The molecule has 0 aliphatic heterocycles. The van der Waals surface area contributed by atoms with Crippen LogP contribution in [0.2, 0.25) is 0 Å². The van der Waals surface area contributed by atoms with Crippen LogP contribution in [-0.4, -0.2) is 23.1 Å². The van der Waals surface area contributed by atoms with E-state index in [1.165, 1.54) is 0 Å². The maximum Gasteiger partial charge on any atom is 0.319 e. The summed E-state index contributed by atoms with van der Waals surface area (Å²) in [6, 6.07) is 6.54. The number of nitrogens with one attached hydrogen (secondary N) is 2. The van der Waals surface area contributed by atoms with Gasteiger partial charge in [-0.2, -0.15) is 0 Å². The summed E-state index contributed by atoms with van der Waals surface area (Å²) in [5.74, 6) is -0.927. The van der Waals surface area contributed by atoms with Gasteiger partial charge in [-0.25, -0.2) is 4.79 Å². The van der Waals surface area contributed by atoms with Crippen LogP contribution in [0.25, 0.3) is 0 Å². The van der Waals surface area contributed by atoms with E-state index in [-0.39, 0.29) is 18.5 Å². The van der Waals surface area contributed by atoms with E-state index < -0.39 is 5.97 Å². The van der Waals surface area contributed by atoms with Crippen LogP contribution >= 0.6 is 0 Å². The van der Waals surface area contributed by atoms with Crippen LogP contribution < -0.4 is 10.6 Å². The third-order valence-corrected chi connectivity index (χ3v) is 2.03. The molecule has 0 saturated heterocycles. The fourth-order valence-corrected chi connectivity index (χ4v) is 1.38. The maximum atomic E-state index is 11.5. The van der Waals surface area contributed by atoms with Gasteiger partial charge < -0.3 is 15.7 Å². The normalized spacial score (nSPS) is 10.1. The molecule has 0 unspecified atom stereocenters. The molecule has 1 aromatic carbocycles. The van der Waals surface area contributed by atoms with Gasteiger partial charge in [-0.3, -0.25) is 4.79 Å². The number of aliphatic carboxylic acids is 1. The molecule has 0 aliphatic carbocycles. The molecule has 0 fully saturated rings. The number of amides is 2. The second-order valence-electron chi connectivity index (χ2n) is 3.98. The molecule has 17 heavy (non-hydrogen) atoms. The third kappa shape index (κ3) is 4.55. The monoisotopic (exact) mass is 236 g/mol. The topological polar surface area (TPSA) is 78.4 Å². The average Bonchev–Trinajstić information content (AvgIpc) is 2.18. The minimum Gasteiger partial charge on any atom is -0.481 e. The first-order valence-electron chi connectivity index (χ1n) is 5.36. The van der Waals surface area contributed by atoms with Crippen LogP contribution in [0, 0.1) is 0 Å². The summed E-state index contributed by atoms with van der Waals surface area (Å²) < 4.78 is 0. The smallest absolute Gasteiger partial charge is 0.319 e. The summed E-state index contributed by atoms with van der Waals surface area (Å²) in [4.78, 5) is 22.1. The number of carbonyl (C=O) groups excluding carboxylic acids is 1. The van der Waals surface area contributed by atoms with Crippen molar-refractivity contribution in [2.75, 3.05) is 5.32 Å². The van der Waals surface area contributed by atoms with Crippen molar-refractivity contribution in [3.05, 3.63) is 29.8 Å². The Morgan fingerprint density at radius 2 is 1.94 bits per heavy atom. The van der Waals surface area contributed by atoms with E-state index in [4.69, 9.17) is 5.11 Å². The number of para-hydroxylation sites is 1. The van der Waals surface area contributed by atoms with Gasteiger partial charge in [0, 0.05) is 11.7 Å². The van der Waals surface area contributed by atoms with Crippen molar-refractivity contribution in [3.63, 3.8) is 0 Å². The van der Waals surface area contributed by atoms with Crippen LogP contribution in [0.3, 0.4) is 0 Å². The molecule has 5 heteroatoms. The van der Waals surface area contributed by atoms with Gasteiger partial charge >= 0.3 is 12.0 Å². The Kier molecular flexibility index (Phi) is 4.51. The van der Waals surface area contributed by atoms with E-state index in [9.17, 15) is 9.59 Å². The quantitative estimate of drug-likeness (QED) is 0.746. The van der Waals surface area contributed by atoms with Crippen molar-refractivity contribution < 1.29 is 14.7 Å². The second-order valence-corrected chi connectivity index (χ2v) is 3.98. The van der Waals surface area contributed by atoms with E-state index in [0.29, 0.717) is 11.3 Å². The standard InChI is InChI=1S/C12H16N2O3/c1-8(2)13-12(17)14-10-6-4-3-5-9(10)7-11(15)16/h3-6,8H,7H2,1-2H3,(H,15,16)(H2,13,14,17). The van der Waals surface area contributed by atoms with Gasteiger partial charge in [-0.15, -0.1) is 0 Å². The zero-order chi connectivity index (χ0) is 12.8. The minimum atomic E-state index is -0.927. The van der Waals surface area contributed by atoms with Crippen molar-refractivity contribution in [2.45, 2.75) is 26.3 Å². The molecule has 0 radical (unpaired) electrons. The number of benzene rings is 1. The number of carboxylic acid groups (broad SMARTS) is 1. The van der Waals surface area contributed by atoms with Gasteiger partial charge in [-0.05, 0) is 25.5 Å². The summed E-state index contributed by atoms with van der Waals surface area (Å²) >= 11 is 0. The lowest BCUT2D eigenvalue weighted by Gasteiger charge is -2.12. The lowest BCUT2D eigenvalue weighted by atomic mass is 10.1. The van der Waals surface area contributed by atoms with Gasteiger partial charge in [-0.1, -0.05) is 18.2 Å². The van der Waals surface area contributed by atoms with E-state index in [0.717, 1.165) is 0 Å². The number of carboxylic acids is 1. The highest BCUT2D eigenvalue weighted by molar-refractivity contribution is 5.91. The molecule has 92 valence electrons. The predicted molar refractivity (Wildman–Crippen MR) is 65.1 cm³/mol. The SMILES string of the molecule is CC(C)NC(=O)Nc1ccccc1CC(=O)O. The van der Waals surface area contributed by atoms with E-state index >= 15 is 0 Å². The fourth-order valence-electron chi connectivity index (χ4n) is 1.38. The highest BCUT2D eigenvalue weighted by Crippen LogP contribution is 2.15. The molecule has 0 heterocycles. The molecule has 0 aliphatic rings. The number of urea groups is 1. The molecular formula is C12H16N2O3. The molecule has 3 N–H and O–H groups in total. The lowest BCUT2D eigenvalue weighted by Crippen LogP contribution is -2.34. The first-order chi connectivity index (χ1) is 7.99. The lowest BCUT2D eigenvalue weighted by molar-refractivity contribution is -0.136. The summed E-state index contributed by atoms with van der Waals surface area (Å²) in [5, 5.41) is 14.1. The molecule has 1 rings (SSSR count). The molecular weight excluding hydrogens is 220 g/mol. The Labute approximate surface area is 99.8 Å². The molecule has 5 nitrogen and oxygen atoms in total. The van der Waals surface area contributed by atoms with E-state index in [2.05, 4.69) is 10.6 Å². The first kappa shape index (κ1) is 13.0. The second kappa shape index (κ2) is 5.89. The van der Waals surface area contributed by atoms with Gasteiger partial charge in [0.15, 0.2) is 0 Å². The minimum absolute atomic E-state index is 0.0293. The van der Waals surface area contributed by atoms with Gasteiger partial charge in [0.2, 0.25) is 0 Å². The highest BCUT2D eigenvalue weighted by Gasteiger charge is 2.09. The maximum absolute atomic E-state index is 11.5. The molecule has 0 spiro atoms. The van der Waals surface area contributed by atoms with Crippen LogP contribution in [-0.2, 0) is 11.2 Å². The zero-order valence-electron chi connectivity index (χ0n) is 9.86. The molecule has 0 saturated carbocycles. The summed E-state index contributed by atoms with van der Waals surface area (Å²) in [6.07, 6.45) is -0.113. The van der Waals surface area contributed by atoms with Crippen LogP contribution in [0.15, 0.2) is 24.3 Å². The fraction of sp³-hybridized carbons (Fsp3) is 0.333. The largest absolute Gasteiger partial charge is 0.481 e. The molecule has 1 aromatic rings. The van der Waals surface area contributed by atoms with Crippen molar-refractivity contribution in [3.8, 4) is 0 Å². The van der Waals surface area contributed by atoms with Gasteiger partial charge in [0.1, 0.15) is 0 Å². The number of anilines is 1. The Bertz CT molecular complexity index is 416. The summed E-state index contributed by atoms with van der Waals surface area (Å²) in [7, 11) is 0. The number of rotatable bonds is 4. The zero-order valence-corrected chi connectivity index (χ0v) is 9.86. The van der Waals surface area contributed by atoms with Crippen molar-refractivity contribution in [1.82, 2.24) is 5.32 Å². The van der Waals surface area contributed by atoms with E-state index in [1.54, 1.807) is 24.3 Å². The molecule has 0 bridgehead atoms. The van der Waals surface area contributed by atoms with Crippen molar-refractivity contribution >= 4 is 17.7 Å². The van der Waals surface area contributed by atoms with Gasteiger partial charge in [0.05, 0.1) is 6.42 Å². The number of carbonyl (C=O) groups is 2. The Hall–Kier alpha value is -2.04. The predicted octanol–water partition coefficient (Wildman–Crippen LogP) is 1.84. The average molecular weight is 236 g/mol. The number of hydrogen-bond acceptors (Lipinski definition) is 2. The third-order valence-electron chi connectivity index (χ3n) is 2.03. The van der Waals surface area contributed by atoms with E-state index in [1.807, 2.05) is 13.8 Å². The highest BCUT2D eigenvalue weighted by atomic mass is 16.4. The van der Waals surface area contributed by atoms with Crippen LogP contribution in [0.5, 0.6) is 0 Å². The van der Waals surface area contributed by atoms with Crippen LogP contribution in [0.4, 0.5) is 10.5 Å². The van der Waals surface area contributed by atoms with Gasteiger partial charge in [0.25, 0.3) is 0 Å². The Morgan fingerprint density at radius 1 is 1.29 bits per heavy atom. The molecule has 0 aromatic heterocycles. The Morgan fingerprint density at radius 3 is 2.53 bits per heavy atom. The summed E-state index contributed by atoms with van der Waals surface area (Å²) in [6.45, 7) is 3.70. The van der Waals surface area contributed by atoms with Crippen molar-refractivity contribution in [2.24, 2.45) is 0 Å². The van der Waals surface area contributed by atoms with Crippen LogP contribution in [0.1, 0.15) is 19.4 Å². The van der Waals surface area contributed by atoms with Crippen molar-refractivity contribution in [1.29, 1.82) is 0 Å². The summed E-state index contributed by atoms with van der Waals surface area (Å²) in [5.41, 5.74) is 1.10. The molecule has 2 amide bonds. The number of hydrogen-bond donors (Lipinski definition) is 3. The first-order valence-corrected chi connectivity index (χ1v) is 5.36. The molecule has 0 atom stereocenters.